The van der Waals surface area contributed by atoms with Crippen LogP contribution in [0.4, 0.5) is 0 Å². The molecule has 2 unspecified atom stereocenters. The van der Waals surface area contributed by atoms with E-state index in [1.54, 1.807) is 0 Å². The van der Waals surface area contributed by atoms with Gasteiger partial charge in [-0.25, -0.2) is 0 Å². The first-order valence-corrected chi connectivity index (χ1v) is 7.77. The zero-order valence-electron chi connectivity index (χ0n) is 13.1. The number of hydrogen-bond acceptors (Lipinski definition) is 5. The standard InChI is InChI=1S/C15H28N2O3/c1-10(2)17(13-8-19-9-13)7-12-5-6-14(16-12)15(18)20-11(3)4/h10-14,16H,5-9H2,1-4H3. The summed E-state index contributed by atoms with van der Waals surface area (Å²) in [5, 5.41) is 3.43. The Kier molecular flexibility index (Phi) is 5.41. The zero-order chi connectivity index (χ0) is 14.7. The van der Waals surface area contributed by atoms with Crippen molar-refractivity contribution in [3.63, 3.8) is 0 Å². The molecule has 5 heteroatoms. The van der Waals surface area contributed by atoms with Gasteiger partial charge in [0.05, 0.1) is 25.4 Å². The minimum absolute atomic E-state index is 0.0392. The predicted molar refractivity (Wildman–Crippen MR) is 77.6 cm³/mol. The van der Waals surface area contributed by atoms with Gasteiger partial charge in [-0.15, -0.1) is 0 Å². The van der Waals surface area contributed by atoms with Crippen LogP contribution in [0.15, 0.2) is 0 Å². The molecule has 0 bridgehead atoms. The highest BCUT2D eigenvalue weighted by Crippen LogP contribution is 2.20. The molecular weight excluding hydrogens is 256 g/mol. The van der Waals surface area contributed by atoms with E-state index >= 15 is 0 Å². The highest BCUT2D eigenvalue weighted by atomic mass is 16.5. The second kappa shape index (κ2) is 6.87. The van der Waals surface area contributed by atoms with Gasteiger partial charge in [0.15, 0.2) is 0 Å². The normalized spacial score (nSPS) is 27.4. The third-order valence-corrected chi connectivity index (χ3v) is 4.06. The molecule has 2 aliphatic rings. The third kappa shape index (κ3) is 3.93. The molecule has 0 aliphatic carbocycles. The molecular formula is C15H28N2O3. The quantitative estimate of drug-likeness (QED) is 0.742. The molecule has 0 aromatic carbocycles. The van der Waals surface area contributed by atoms with Gasteiger partial charge in [-0.2, -0.15) is 0 Å². The first-order valence-electron chi connectivity index (χ1n) is 7.77. The molecule has 116 valence electrons. The van der Waals surface area contributed by atoms with Crippen LogP contribution in [0, 0.1) is 0 Å². The molecule has 2 rings (SSSR count). The number of rotatable bonds is 6. The van der Waals surface area contributed by atoms with E-state index in [0.717, 1.165) is 32.6 Å². The second-order valence-electron chi connectivity index (χ2n) is 6.46. The molecule has 2 aliphatic heterocycles. The summed E-state index contributed by atoms with van der Waals surface area (Å²) in [6.07, 6.45) is 1.88. The summed E-state index contributed by atoms with van der Waals surface area (Å²) in [4.78, 5) is 14.4. The van der Waals surface area contributed by atoms with Crippen molar-refractivity contribution >= 4 is 5.97 Å². The summed E-state index contributed by atoms with van der Waals surface area (Å²) in [6, 6.07) is 1.29. The van der Waals surface area contributed by atoms with Crippen LogP contribution in [0.2, 0.25) is 0 Å². The number of carbonyl (C=O) groups excluding carboxylic acids is 1. The summed E-state index contributed by atoms with van der Waals surface area (Å²) in [5.74, 6) is -0.106. The van der Waals surface area contributed by atoms with Crippen molar-refractivity contribution in [3.05, 3.63) is 0 Å². The van der Waals surface area contributed by atoms with E-state index in [2.05, 4.69) is 24.1 Å². The van der Waals surface area contributed by atoms with Crippen molar-refractivity contribution in [1.29, 1.82) is 0 Å². The van der Waals surface area contributed by atoms with Crippen molar-refractivity contribution in [2.24, 2.45) is 0 Å². The van der Waals surface area contributed by atoms with Crippen molar-refractivity contribution in [1.82, 2.24) is 10.2 Å². The van der Waals surface area contributed by atoms with Gasteiger partial charge in [0.2, 0.25) is 0 Å². The summed E-state index contributed by atoms with van der Waals surface area (Å²) in [5.41, 5.74) is 0. The lowest BCUT2D eigenvalue weighted by Crippen LogP contribution is -2.55. The van der Waals surface area contributed by atoms with Gasteiger partial charge in [-0.3, -0.25) is 9.69 Å². The topological polar surface area (TPSA) is 50.8 Å². The fourth-order valence-electron chi connectivity index (χ4n) is 2.91. The van der Waals surface area contributed by atoms with Crippen LogP contribution in [-0.2, 0) is 14.3 Å². The molecule has 2 fully saturated rings. The molecule has 2 atom stereocenters. The van der Waals surface area contributed by atoms with Crippen LogP contribution in [0.3, 0.4) is 0 Å². The average molecular weight is 284 g/mol. The Hall–Kier alpha value is -0.650. The fourth-order valence-corrected chi connectivity index (χ4v) is 2.91. The van der Waals surface area contributed by atoms with Crippen LogP contribution < -0.4 is 5.32 Å². The molecule has 2 saturated heterocycles. The van der Waals surface area contributed by atoms with Crippen LogP contribution in [-0.4, -0.2) is 60.9 Å². The molecule has 0 aromatic heterocycles. The van der Waals surface area contributed by atoms with Crippen LogP contribution in [0.1, 0.15) is 40.5 Å². The molecule has 2 heterocycles. The van der Waals surface area contributed by atoms with Crippen molar-refractivity contribution in [2.45, 2.75) is 70.8 Å². The van der Waals surface area contributed by atoms with Gasteiger partial charge in [-0.05, 0) is 40.5 Å². The Labute approximate surface area is 122 Å². The molecule has 0 radical (unpaired) electrons. The Morgan fingerprint density at radius 1 is 1.30 bits per heavy atom. The maximum Gasteiger partial charge on any atom is 0.323 e. The lowest BCUT2D eigenvalue weighted by Gasteiger charge is -2.41. The zero-order valence-corrected chi connectivity index (χ0v) is 13.1. The largest absolute Gasteiger partial charge is 0.462 e. The molecule has 0 amide bonds. The lowest BCUT2D eigenvalue weighted by atomic mass is 10.1. The molecule has 0 spiro atoms. The lowest BCUT2D eigenvalue weighted by molar-refractivity contribution is -0.149. The van der Waals surface area contributed by atoms with Crippen LogP contribution >= 0.6 is 0 Å². The van der Waals surface area contributed by atoms with E-state index in [4.69, 9.17) is 9.47 Å². The van der Waals surface area contributed by atoms with Crippen LogP contribution in [0.5, 0.6) is 0 Å². The summed E-state index contributed by atoms with van der Waals surface area (Å²) < 4.78 is 10.6. The minimum atomic E-state index is -0.131. The summed E-state index contributed by atoms with van der Waals surface area (Å²) in [7, 11) is 0. The van der Waals surface area contributed by atoms with E-state index in [9.17, 15) is 4.79 Å². The predicted octanol–water partition coefficient (Wildman–Crippen LogP) is 1.17. The fraction of sp³-hybridized carbons (Fsp3) is 0.933. The van der Waals surface area contributed by atoms with E-state index in [-0.39, 0.29) is 18.1 Å². The molecule has 1 N–H and O–H groups in total. The monoisotopic (exact) mass is 284 g/mol. The number of nitrogens with one attached hydrogen (secondary N) is 1. The summed E-state index contributed by atoms with van der Waals surface area (Å²) in [6.45, 7) is 10.9. The number of ether oxygens (including phenoxy) is 2. The Bertz CT molecular complexity index is 329. The van der Waals surface area contributed by atoms with Gasteiger partial charge in [0.25, 0.3) is 0 Å². The molecule has 0 saturated carbocycles. The van der Waals surface area contributed by atoms with Gasteiger partial charge in [0, 0.05) is 18.6 Å². The molecule has 5 nitrogen and oxygen atoms in total. The van der Waals surface area contributed by atoms with Crippen molar-refractivity contribution in [2.75, 3.05) is 19.8 Å². The first-order chi connectivity index (χ1) is 9.47. The second-order valence-corrected chi connectivity index (χ2v) is 6.46. The number of esters is 1. The summed E-state index contributed by atoms with van der Waals surface area (Å²) >= 11 is 0. The average Bonchev–Trinajstić information content (AvgIpc) is 2.73. The van der Waals surface area contributed by atoms with E-state index < -0.39 is 0 Å². The molecule has 0 aromatic rings. The SMILES string of the molecule is CC(C)OC(=O)C1CCC(CN(C(C)C)C2COC2)N1. The highest BCUT2D eigenvalue weighted by molar-refractivity contribution is 5.76. The third-order valence-electron chi connectivity index (χ3n) is 4.06. The Morgan fingerprint density at radius 2 is 2.00 bits per heavy atom. The Balaban J connectivity index is 1.81. The number of carbonyl (C=O) groups is 1. The minimum Gasteiger partial charge on any atom is -0.462 e. The van der Waals surface area contributed by atoms with Gasteiger partial charge in [-0.1, -0.05) is 0 Å². The number of hydrogen-bond donors (Lipinski definition) is 1. The van der Waals surface area contributed by atoms with Crippen molar-refractivity contribution in [3.8, 4) is 0 Å². The Morgan fingerprint density at radius 3 is 2.50 bits per heavy atom. The highest BCUT2D eigenvalue weighted by Gasteiger charge is 2.35. The van der Waals surface area contributed by atoms with Gasteiger partial charge < -0.3 is 14.8 Å². The van der Waals surface area contributed by atoms with Gasteiger partial charge in [0.1, 0.15) is 6.04 Å². The van der Waals surface area contributed by atoms with Gasteiger partial charge >= 0.3 is 5.97 Å². The van der Waals surface area contributed by atoms with Crippen LogP contribution in [0.25, 0.3) is 0 Å². The van der Waals surface area contributed by atoms with E-state index in [1.165, 1.54) is 0 Å². The first kappa shape index (κ1) is 15.7. The van der Waals surface area contributed by atoms with E-state index in [1.807, 2.05) is 13.8 Å². The van der Waals surface area contributed by atoms with E-state index in [0.29, 0.717) is 18.1 Å². The van der Waals surface area contributed by atoms with Crippen molar-refractivity contribution < 1.29 is 14.3 Å². The molecule has 20 heavy (non-hydrogen) atoms. The maximum absolute atomic E-state index is 11.9. The smallest absolute Gasteiger partial charge is 0.323 e. The number of nitrogens with zero attached hydrogens (tertiary/aromatic N) is 1. The maximum atomic E-state index is 11.9.